The monoisotopic (exact) mass is 419 g/mol. The van der Waals surface area contributed by atoms with Crippen LogP contribution >= 0.6 is 23.2 Å². The van der Waals surface area contributed by atoms with E-state index in [0.29, 0.717) is 40.3 Å². The second-order valence-corrected chi connectivity index (χ2v) is 7.58. The topological polar surface area (TPSA) is 107 Å². The molecule has 0 spiro atoms. The molecule has 1 aliphatic rings. The minimum Gasteiger partial charge on any atom is -0.492 e. The van der Waals surface area contributed by atoms with Gasteiger partial charge >= 0.3 is 5.97 Å². The fraction of sp³-hybridized carbons (Fsp3) is 0.211. The number of hydrogen-bond acceptors (Lipinski definition) is 5. The van der Waals surface area contributed by atoms with Gasteiger partial charge in [0.15, 0.2) is 0 Å². The molecule has 2 aromatic carbocycles. The smallest absolute Gasteiger partial charge is 0.327 e. The summed E-state index contributed by atoms with van der Waals surface area (Å²) in [4.78, 5) is 23.7. The van der Waals surface area contributed by atoms with Crippen molar-refractivity contribution < 1.29 is 19.4 Å². The Morgan fingerprint density at radius 1 is 1.21 bits per heavy atom. The van der Waals surface area contributed by atoms with Gasteiger partial charge in [-0.2, -0.15) is 0 Å². The zero-order chi connectivity index (χ0) is 20.1. The summed E-state index contributed by atoms with van der Waals surface area (Å²) in [6.07, 6.45) is 0.767. The first-order valence-electron chi connectivity index (χ1n) is 8.46. The van der Waals surface area contributed by atoms with Crippen LogP contribution in [0, 0.1) is 5.41 Å². The molecule has 0 atom stereocenters. The predicted molar refractivity (Wildman–Crippen MR) is 103 cm³/mol. The van der Waals surface area contributed by atoms with E-state index >= 15 is 0 Å². The van der Waals surface area contributed by atoms with Crippen LogP contribution in [-0.4, -0.2) is 26.8 Å². The second kappa shape index (κ2) is 6.68. The molecule has 1 fully saturated rings. The van der Waals surface area contributed by atoms with Crippen molar-refractivity contribution in [3.8, 4) is 11.6 Å². The summed E-state index contributed by atoms with van der Waals surface area (Å²) >= 11 is 12.1. The summed E-state index contributed by atoms with van der Waals surface area (Å²) in [7, 11) is 0. The first-order valence-corrected chi connectivity index (χ1v) is 9.21. The molecule has 1 aromatic heterocycles. The highest BCUT2D eigenvalue weighted by Gasteiger charge is 2.57. The summed E-state index contributed by atoms with van der Waals surface area (Å²) in [6.45, 7) is 0.316. The Morgan fingerprint density at radius 3 is 2.61 bits per heavy atom. The molecule has 28 heavy (non-hydrogen) atoms. The zero-order valence-electron chi connectivity index (χ0n) is 14.5. The van der Waals surface area contributed by atoms with Crippen molar-refractivity contribution in [2.75, 3.05) is 0 Å². The van der Waals surface area contributed by atoms with Crippen molar-refractivity contribution in [2.45, 2.75) is 19.4 Å². The third kappa shape index (κ3) is 3.16. The summed E-state index contributed by atoms with van der Waals surface area (Å²) in [5.74, 6) is -1.38. The lowest BCUT2D eigenvalue weighted by Gasteiger charge is -2.11. The number of amides is 1. The first-order chi connectivity index (χ1) is 13.3. The maximum atomic E-state index is 12.2. The third-order valence-electron chi connectivity index (χ3n) is 4.86. The highest BCUT2D eigenvalue weighted by Crippen LogP contribution is 2.46. The molecule has 0 radical (unpaired) electrons. The summed E-state index contributed by atoms with van der Waals surface area (Å²) in [5, 5.41) is 15.7. The number of aromatic hydroxyl groups is 1. The standard InChI is InChI=1S/C19H15Cl2N3O4/c20-11-2-1-10(14(21)7-11)9-24-15-4-3-12(8-13(15)16(25)23-24)28-18(27)19(5-6-19)17(22)26/h1-4,7-8H,5-6,9H2,(H2,22,26)(H,23,25). The van der Waals surface area contributed by atoms with Crippen LogP contribution in [0.1, 0.15) is 18.4 Å². The van der Waals surface area contributed by atoms with Gasteiger partial charge in [-0.05, 0) is 48.7 Å². The van der Waals surface area contributed by atoms with Crippen LogP contribution in [0.4, 0.5) is 0 Å². The second-order valence-electron chi connectivity index (χ2n) is 6.73. The largest absolute Gasteiger partial charge is 0.492 e. The third-order valence-corrected chi connectivity index (χ3v) is 5.45. The number of nitrogens with zero attached hydrogens (tertiary/aromatic N) is 2. The Bertz CT molecular complexity index is 1120. The van der Waals surface area contributed by atoms with E-state index in [9.17, 15) is 14.7 Å². The fourth-order valence-corrected chi connectivity index (χ4v) is 3.49. The van der Waals surface area contributed by atoms with Crippen LogP contribution in [0.25, 0.3) is 10.9 Å². The Morgan fingerprint density at radius 2 is 1.96 bits per heavy atom. The minimum absolute atomic E-state index is 0.199. The number of benzene rings is 2. The van der Waals surface area contributed by atoms with Crippen molar-refractivity contribution in [1.29, 1.82) is 0 Å². The molecule has 3 N–H and O–H groups in total. The van der Waals surface area contributed by atoms with Gasteiger partial charge in [-0.25, -0.2) is 0 Å². The summed E-state index contributed by atoms with van der Waals surface area (Å²) in [5.41, 5.74) is 5.46. The number of nitrogens with two attached hydrogens (primary N) is 1. The maximum absolute atomic E-state index is 12.2. The van der Waals surface area contributed by atoms with Crippen molar-refractivity contribution in [2.24, 2.45) is 11.1 Å². The van der Waals surface area contributed by atoms with Crippen LogP contribution in [0.5, 0.6) is 11.6 Å². The van der Waals surface area contributed by atoms with E-state index in [2.05, 4.69) is 5.10 Å². The van der Waals surface area contributed by atoms with E-state index in [0.717, 1.165) is 5.56 Å². The quantitative estimate of drug-likeness (QED) is 0.374. The average molecular weight is 420 g/mol. The van der Waals surface area contributed by atoms with Crippen molar-refractivity contribution in [3.63, 3.8) is 0 Å². The molecular formula is C19H15Cl2N3O4. The SMILES string of the molecule is NC(=O)C1(C(=O)Oc2ccc3c(c2)c(O)nn3Cc2ccc(Cl)cc2Cl)CC1. The molecule has 4 rings (SSSR count). The lowest BCUT2D eigenvalue weighted by Crippen LogP contribution is -2.35. The number of halogens is 2. The van der Waals surface area contributed by atoms with Crippen LogP contribution in [0.3, 0.4) is 0 Å². The van der Waals surface area contributed by atoms with Crippen LogP contribution < -0.4 is 10.5 Å². The first kappa shape index (κ1) is 18.6. The highest BCUT2D eigenvalue weighted by atomic mass is 35.5. The molecule has 1 amide bonds. The minimum atomic E-state index is -1.23. The van der Waals surface area contributed by atoms with Gasteiger partial charge in [0.2, 0.25) is 11.8 Å². The van der Waals surface area contributed by atoms with Gasteiger partial charge in [0.05, 0.1) is 17.4 Å². The normalized spacial score (nSPS) is 14.8. The Kier molecular flexibility index (Phi) is 4.44. The van der Waals surface area contributed by atoms with Crippen molar-refractivity contribution in [3.05, 3.63) is 52.0 Å². The van der Waals surface area contributed by atoms with Gasteiger partial charge in [-0.15, -0.1) is 5.10 Å². The van der Waals surface area contributed by atoms with E-state index in [1.165, 1.54) is 6.07 Å². The van der Waals surface area contributed by atoms with Crippen LogP contribution in [0.2, 0.25) is 10.0 Å². The lowest BCUT2D eigenvalue weighted by atomic mass is 10.1. The number of fused-ring (bicyclic) bond motifs is 1. The number of rotatable bonds is 5. The van der Waals surface area contributed by atoms with Gasteiger partial charge in [-0.3, -0.25) is 14.3 Å². The zero-order valence-corrected chi connectivity index (χ0v) is 16.0. The van der Waals surface area contributed by atoms with Gasteiger partial charge in [0.1, 0.15) is 11.2 Å². The van der Waals surface area contributed by atoms with E-state index in [1.54, 1.807) is 35.0 Å². The molecule has 1 heterocycles. The van der Waals surface area contributed by atoms with E-state index in [4.69, 9.17) is 33.7 Å². The molecule has 1 saturated carbocycles. The Balaban J connectivity index is 1.62. The predicted octanol–water partition coefficient (Wildman–Crippen LogP) is 3.27. The lowest BCUT2D eigenvalue weighted by molar-refractivity contribution is -0.145. The highest BCUT2D eigenvalue weighted by molar-refractivity contribution is 6.35. The maximum Gasteiger partial charge on any atom is 0.327 e. The molecule has 3 aromatic rings. The summed E-state index contributed by atoms with van der Waals surface area (Å²) < 4.78 is 6.88. The molecular weight excluding hydrogens is 405 g/mol. The van der Waals surface area contributed by atoms with E-state index in [1.807, 2.05) is 0 Å². The molecule has 0 unspecified atom stereocenters. The fourth-order valence-electron chi connectivity index (χ4n) is 3.02. The number of hydrogen-bond donors (Lipinski definition) is 2. The number of carbonyl (C=O) groups excluding carboxylic acids is 2. The molecule has 0 saturated heterocycles. The van der Waals surface area contributed by atoms with Crippen LogP contribution in [0.15, 0.2) is 36.4 Å². The van der Waals surface area contributed by atoms with Crippen molar-refractivity contribution >= 4 is 46.0 Å². The van der Waals surface area contributed by atoms with Gasteiger partial charge in [0.25, 0.3) is 0 Å². The average Bonchev–Trinajstić information content (AvgIpc) is 3.40. The van der Waals surface area contributed by atoms with Gasteiger partial charge in [-0.1, -0.05) is 29.3 Å². The van der Waals surface area contributed by atoms with Crippen molar-refractivity contribution in [1.82, 2.24) is 9.78 Å². The summed E-state index contributed by atoms with van der Waals surface area (Å²) in [6, 6.07) is 9.86. The number of aromatic nitrogens is 2. The number of esters is 1. The van der Waals surface area contributed by atoms with Gasteiger partial charge in [0, 0.05) is 10.0 Å². The van der Waals surface area contributed by atoms with Gasteiger partial charge < -0.3 is 15.6 Å². The molecule has 9 heteroatoms. The van der Waals surface area contributed by atoms with Crippen LogP contribution in [-0.2, 0) is 16.1 Å². The van der Waals surface area contributed by atoms with E-state index in [-0.39, 0.29) is 11.6 Å². The molecule has 0 bridgehead atoms. The Labute approximate surface area is 169 Å². The molecule has 144 valence electrons. The molecule has 1 aliphatic carbocycles. The number of ether oxygens (including phenoxy) is 1. The number of carbonyl (C=O) groups is 2. The molecule has 0 aliphatic heterocycles. The molecule has 7 nitrogen and oxygen atoms in total. The Hall–Kier alpha value is -2.77. The number of primary amides is 1. The van der Waals surface area contributed by atoms with E-state index < -0.39 is 17.3 Å².